The fraction of sp³-hybridized carbons (Fsp3) is 0.643. The lowest BCUT2D eigenvalue weighted by atomic mass is 9.67. The quantitative estimate of drug-likeness (QED) is 0.740. The number of carbonyl (C=O) groups is 1. The van der Waals surface area contributed by atoms with Crippen molar-refractivity contribution < 1.29 is 9.90 Å². The number of hydrogen-bond acceptors (Lipinski definition) is 1. The van der Waals surface area contributed by atoms with Crippen molar-refractivity contribution in [3.8, 4) is 0 Å². The summed E-state index contributed by atoms with van der Waals surface area (Å²) in [5.41, 5.74) is 0.553. The Kier molecular flexibility index (Phi) is 3.95. The summed E-state index contributed by atoms with van der Waals surface area (Å²) >= 11 is 0. The molecule has 1 N–H and O–H groups in total. The first-order chi connectivity index (χ1) is 7.38. The normalized spacial score (nSPS) is 30.8. The zero-order valence-electron chi connectivity index (χ0n) is 10.7. The molecule has 90 valence electrons. The maximum Gasteiger partial charge on any atom is 0.310 e. The molecule has 1 unspecified atom stereocenters. The SMILES string of the molecule is CC1=CCC[C@](C)(C(=O)O)C1C=CC(C)C. The van der Waals surface area contributed by atoms with Gasteiger partial charge in [-0.25, -0.2) is 0 Å². The minimum atomic E-state index is -0.682. The summed E-state index contributed by atoms with van der Waals surface area (Å²) in [4.78, 5) is 11.4. The Morgan fingerprint density at radius 3 is 2.75 bits per heavy atom. The highest BCUT2D eigenvalue weighted by Gasteiger charge is 2.42. The van der Waals surface area contributed by atoms with Crippen LogP contribution in [0.15, 0.2) is 23.8 Å². The van der Waals surface area contributed by atoms with Crippen molar-refractivity contribution in [3.05, 3.63) is 23.8 Å². The summed E-state index contributed by atoms with van der Waals surface area (Å²) in [5, 5.41) is 9.39. The number of allylic oxidation sites excluding steroid dienone is 4. The van der Waals surface area contributed by atoms with Gasteiger partial charge in [0.2, 0.25) is 0 Å². The van der Waals surface area contributed by atoms with Crippen LogP contribution in [0, 0.1) is 17.3 Å². The first kappa shape index (κ1) is 13.0. The summed E-state index contributed by atoms with van der Waals surface area (Å²) in [6.45, 7) is 8.11. The van der Waals surface area contributed by atoms with Crippen molar-refractivity contribution in [2.75, 3.05) is 0 Å². The first-order valence-electron chi connectivity index (χ1n) is 5.96. The molecular weight excluding hydrogens is 200 g/mol. The van der Waals surface area contributed by atoms with E-state index in [1.807, 2.05) is 13.8 Å². The molecule has 0 aromatic rings. The van der Waals surface area contributed by atoms with Gasteiger partial charge in [-0.2, -0.15) is 0 Å². The van der Waals surface area contributed by atoms with E-state index in [0.29, 0.717) is 5.92 Å². The minimum Gasteiger partial charge on any atom is -0.481 e. The highest BCUT2D eigenvalue weighted by atomic mass is 16.4. The smallest absolute Gasteiger partial charge is 0.310 e. The molecular formula is C14H22O2. The Balaban J connectivity index is 3.01. The van der Waals surface area contributed by atoms with Gasteiger partial charge in [-0.05, 0) is 32.6 Å². The second kappa shape index (κ2) is 4.86. The maximum atomic E-state index is 11.4. The molecule has 0 heterocycles. The van der Waals surface area contributed by atoms with Crippen LogP contribution in [0.2, 0.25) is 0 Å². The number of aliphatic carboxylic acids is 1. The molecule has 0 fully saturated rings. The van der Waals surface area contributed by atoms with Crippen LogP contribution < -0.4 is 0 Å². The van der Waals surface area contributed by atoms with E-state index in [-0.39, 0.29) is 5.92 Å². The predicted octanol–water partition coefficient (Wildman–Crippen LogP) is 3.65. The molecule has 1 rings (SSSR count). The summed E-state index contributed by atoms with van der Waals surface area (Å²) < 4.78 is 0. The Morgan fingerprint density at radius 1 is 1.62 bits per heavy atom. The van der Waals surface area contributed by atoms with Gasteiger partial charge >= 0.3 is 5.97 Å². The molecule has 0 saturated heterocycles. The second-order valence-corrected chi connectivity index (χ2v) is 5.32. The molecule has 2 atom stereocenters. The van der Waals surface area contributed by atoms with Gasteiger partial charge in [-0.15, -0.1) is 0 Å². The van der Waals surface area contributed by atoms with E-state index in [0.717, 1.165) is 12.8 Å². The number of carboxylic acids is 1. The van der Waals surface area contributed by atoms with Crippen LogP contribution >= 0.6 is 0 Å². The van der Waals surface area contributed by atoms with E-state index in [1.54, 1.807) is 0 Å². The summed E-state index contributed by atoms with van der Waals surface area (Å²) in [7, 11) is 0. The van der Waals surface area contributed by atoms with Crippen molar-refractivity contribution in [3.63, 3.8) is 0 Å². The van der Waals surface area contributed by atoms with Crippen LogP contribution in [0.4, 0.5) is 0 Å². The minimum absolute atomic E-state index is 0.0427. The van der Waals surface area contributed by atoms with Crippen molar-refractivity contribution in [1.82, 2.24) is 0 Å². The van der Waals surface area contributed by atoms with E-state index in [1.165, 1.54) is 5.57 Å². The Bertz CT molecular complexity index is 326. The molecule has 2 heteroatoms. The van der Waals surface area contributed by atoms with E-state index in [4.69, 9.17) is 0 Å². The molecule has 0 bridgehead atoms. The van der Waals surface area contributed by atoms with E-state index < -0.39 is 11.4 Å². The Hall–Kier alpha value is -1.05. The highest BCUT2D eigenvalue weighted by molar-refractivity contribution is 5.76. The van der Waals surface area contributed by atoms with Crippen molar-refractivity contribution >= 4 is 5.97 Å². The highest BCUT2D eigenvalue weighted by Crippen LogP contribution is 2.42. The van der Waals surface area contributed by atoms with Crippen molar-refractivity contribution in [2.24, 2.45) is 17.3 Å². The molecule has 0 spiro atoms. The summed E-state index contributed by atoms with van der Waals surface area (Å²) in [5.74, 6) is -0.174. The molecule has 0 aromatic heterocycles. The van der Waals surface area contributed by atoms with Gasteiger partial charge in [0, 0.05) is 5.92 Å². The Labute approximate surface area is 98.1 Å². The molecule has 0 amide bonds. The summed E-state index contributed by atoms with van der Waals surface area (Å²) in [6, 6.07) is 0. The largest absolute Gasteiger partial charge is 0.481 e. The zero-order valence-corrected chi connectivity index (χ0v) is 10.7. The van der Waals surface area contributed by atoms with Gasteiger partial charge in [0.15, 0.2) is 0 Å². The average Bonchev–Trinajstić information content (AvgIpc) is 2.16. The van der Waals surface area contributed by atoms with Crippen molar-refractivity contribution in [1.29, 1.82) is 0 Å². The van der Waals surface area contributed by atoms with Crippen LogP contribution in [-0.4, -0.2) is 11.1 Å². The molecule has 1 aliphatic carbocycles. The van der Waals surface area contributed by atoms with Crippen LogP contribution in [0.3, 0.4) is 0 Å². The third kappa shape index (κ3) is 2.55. The lowest BCUT2D eigenvalue weighted by Crippen LogP contribution is -2.37. The third-order valence-electron chi connectivity index (χ3n) is 3.48. The lowest BCUT2D eigenvalue weighted by Gasteiger charge is -2.36. The fourth-order valence-corrected chi connectivity index (χ4v) is 2.32. The van der Waals surface area contributed by atoms with Gasteiger partial charge < -0.3 is 5.11 Å². The monoisotopic (exact) mass is 222 g/mol. The van der Waals surface area contributed by atoms with E-state index in [2.05, 4.69) is 32.1 Å². The second-order valence-electron chi connectivity index (χ2n) is 5.32. The topological polar surface area (TPSA) is 37.3 Å². The molecule has 16 heavy (non-hydrogen) atoms. The van der Waals surface area contributed by atoms with Crippen LogP contribution in [0.1, 0.15) is 40.5 Å². The average molecular weight is 222 g/mol. The first-order valence-corrected chi connectivity index (χ1v) is 5.96. The molecule has 2 nitrogen and oxygen atoms in total. The maximum absolute atomic E-state index is 11.4. The standard InChI is InChI=1S/C14H22O2/c1-10(2)7-8-12-11(3)6-5-9-14(12,4)13(15)16/h6-8,10,12H,5,9H2,1-4H3,(H,15,16)/t12?,14-/m0/s1. The van der Waals surface area contributed by atoms with Gasteiger partial charge in [-0.1, -0.05) is 37.6 Å². The lowest BCUT2D eigenvalue weighted by molar-refractivity contribution is -0.150. The van der Waals surface area contributed by atoms with Gasteiger partial charge in [0.25, 0.3) is 0 Å². The van der Waals surface area contributed by atoms with Crippen LogP contribution in [-0.2, 0) is 4.79 Å². The van der Waals surface area contributed by atoms with Crippen LogP contribution in [0.25, 0.3) is 0 Å². The van der Waals surface area contributed by atoms with Gasteiger partial charge in [0.05, 0.1) is 5.41 Å². The van der Waals surface area contributed by atoms with Gasteiger partial charge in [-0.3, -0.25) is 4.79 Å². The molecule has 0 saturated carbocycles. The van der Waals surface area contributed by atoms with E-state index >= 15 is 0 Å². The van der Waals surface area contributed by atoms with Gasteiger partial charge in [0.1, 0.15) is 0 Å². The molecule has 0 radical (unpaired) electrons. The summed E-state index contributed by atoms with van der Waals surface area (Å²) in [6.07, 6.45) is 7.95. The number of rotatable bonds is 3. The fourth-order valence-electron chi connectivity index (χ4n) is 2.32. The number of carboxylic acid groups (broad SMARTS) is 1. The van der Waals surface area contributed by atoms with Crippen LogP contribution in [0.5, 0.6) is 0 Å². The zero-order chi connectivity index (χ0) is 12.3. The van der Waals surface area contributed by atoms with Crippen molar-refractivity contribution in [2.45, 2.75) is 40.5 Å². The molecule has 0 aliphatic heterocycles. The molecule has 0 aromatic carbocycles. The third-order valence-corrected chi connectivity index (χ3v) is 3.48. The number of hydrogen-bond donors (Lipinski definition) is 1. The van der Waals surface area contributed by atoms with E-state index in [9.17, 15) is 9.90 Å². The molecule has 1 aliphatic rings. The Morgan fingerprint density at radius 2 is 2.25 bits per heavy atom. The predicted molar refractivity (Wildman–Crippen MR) is 66.2 cm³/mol.